The molecule has 0 aromatic heterocycles. The van der Waals surface area contributed by atoms with E-state index >= 15 is 0 Å². The molecule has 0 fully saturated rings. The second-order valence-corrected chi connectivity index (χ2v) is 3.14. The number of thiocyanates is 1. The van der Waals surface area contributed by atoms with E-state index in [1.165, 1.54) is 11.8 Å². The second kappa shape index (κ2) is 4.27. The van der Waals surface area contributed by atoms with Crippen molar-refractivity contribution in [1.29, 1.82) is 5.26 Å². The van der Waals surface area contributed by atoms with Crippen LogP contribution in [-0.4, -0.2) is 0 Å². The van der Waals surface area contributed by atoms with Crippen LogP contribution in [0, 0.1) is 10.7 Å². The van der Waals surface area contributed by atoms with Crippen LogP contribution in [0.1, 0.15) is 5.56 Å². The van der Waals surface area contributed by atoms with Gasteiger partial charge in [-0.05, 0) is 23.4 Å². The predicted octanol–water partition coefficient (Wildman–Crippen LogP) is 3.05. The number of benzene rings is 1. The average Bonchev–Trinajstić information content (AvgIpc) is 2.03. The third-order valence-corrected chi connectivity index (χ3v) is 2.20. The molecule has 0 atom stereocenters. The summed E-state index contributed by atoms with van der Waals surface area (Å²) in [5, 5.41) is 11.0. The molecule has 1 aromatic rings. The zero-order chi connectivity index (χ0) is 8.10. The molecule has 0 aliphatic rings. The molecule has 1 rings (SSSR count). The van der Waals surface area contributed by atoms with Crippen LogP contribution in [0.4, 0.5) is 0 Å². The molecular weight excluding hydrogens is 178 g/mol. The minimum atomic E-state index is 0.663. The van der Waals surface area contributed by atoms with Crippen LogP contribution in [0.15, 0.2) is 24.3 Å². The minimum Gasteiger partial charge on any atom is -0.185 e. The predicted molar refractivity (Wildman–Crippen MR) is 48.4 cm³/mol. The Balaban J connectivity index is 2.71. The Morgan fingerprint density at radius 3 is 2.82 bits per heavy atom. The Labute approximate surface area is 75.0 Å². The van der Waals surface area contributed by atoms with Gasteiger partial charge in [0.25, 0.3) is 0 Å². The maximum absolute atomic E-state index is 8.29. The van der Waals surface area contributed by atoms with Crippen molar-refractivity contribution in [2.75, 3.05) is 0 Å². The maximum Gasteiger partial charge on any atom is 0.133 e. The molecule has 1 aromatic carbocycles. The minimum absolute atomic E-state index is 0.663. The maximum atomic E-state index is 8.29. The standard InChI is InChI=1S/C8H6ClNS/c9-8-4-2-1-3-7(8)5-11-6-10/h1-4H,5H2. The average molecular weight is 184 g/mol. The number of hydrogen-bond acceptors (Lipinski definition) is 2. The Morgan fingerprint density at radius 2 is 2.18 bits per heavy atom. The first-order chi connectivity index (χ1) is 5.34. The van der Waals surface area contributed by atoms with Gasteiger partial charge in [0.1, 0.15) is 5.40 Å². The summed E-state index contributed by atoms with van der Waals surface area (Å²) in [5.41, 5.74) is 1.01. The molecular formula is C8H6ClNS. The fourth-order valence-electron chi connectivity index (χ4n) is 0.725. The molecule has 0 amide bonds. The highest BCUT2D eigenvalue weighted by Crippen LogP contribution is 2.19. The van der Waals surface area contributed by atoms with Crippen molar-refractivity contribution >= 4 is 23.4 Å². The van der Waals surface area contributed by atoms with Crippen LogP contribution in [0.2, 0.25) is 5.02 Å². The molecule has 1 nitrogen and oxygen atoms in total. The van der Waals surface area contributed by atoms with Gasteiger partial charge in [-0.2, -0.15) is 5.26 Å². The Bertz CT molecular complexity index is 280. The summed E-state index contributed by atoms with van der Waals surface area (Å²) < 4.78 is 0. The van der Waals surface area contributed by atoms with Crippen molar-refractivity contribution in [2.45, 2.75) is 5.75 Å². The van der Waals surface area contributed by atoms with Gasteiger partial charge < -0.3 is 0 Å². The van der Waals surface area contributed by atoms with Gasteiger partial charge in [-0.3, -0.25) is 0 Å². The highest BCUT2D eigenvalue weighted by molar-refractivity contribution is 8.02. The lowest BCUT2D eigenvalue weighted by Gasteiger charge is -1.97. The van der Waals surface area contributed by atoms with Gasteiger partial charge in [-0.25, -0.2) is 0 Å². The lowest BCUT2D eigenvalue weighted by Crippen LogP contribution is -1.79. The number of thioether (sulfide) groups is 1. The van der Waals surface area contributed by atoms with Crippen molar-refractivity contribution in [2.24, 2.45) is 0 Å². The SMILES string of the molecule is N#CSCc1ccccc1Cl. The summed E-state index contributed by atoms with van der Waals surface area (Å²) in [5.74, 6) is 0.663. The zero-order valence-electron chi connectivity index (χ0n) is 5.75. The highest BCUT2D eigenvalue weighted by Gasteiger charge is 1.96. The van der Waals surface area contributed by atoms with E-state index in [-0.39, 0.29) is 0 Å². The highest BCUT2D eigenvalue weighted by atomic mass is 35.5. The zero-order valence-corrected chi connectivity index (χ0v) is 7.32. The van der Waals surface area contributed by atoms with E-state index in [9.17, 15) is 0 Å². The third-order valence-electron chi connectivity index (χ3n) is 1.25. The van der Waals surface area contributed by atoms with E-state index in [1.807, 2.05) is 29.7 Å². The molecule has 0 saturated heterocycles. The molecule has 0 saturated carbocycles. The molecule has 0 aliphatic heterocycles. The lowest BCUT2D eigenvalue weighted by atomic mass is 10.2. The number of rotatable bonds is 2. The topological polar surface area (TPSA) is 23.8 Å². The van der Waals surface area contributed by atoms with Crippen LogP contribution in [0.3, 0.4) is 0 Å². The van der Waals surface area contributed by atoms with Crippen molar-refractivity contribution in [3.8, 4) is 5.40 Å². The number of hydrogen-bond donors (Lipinski definition) is 0. The summed E-state index contributed by atoms with van der Waals surface area (Å²) in [7, 11) is 0. The lowest BCUT2D eigenvalue weighted by molar-refractivity contribution is 1.42. The van der Waals surface area contributed by atoms with Crippen LogP contribution >= 0.6 is 23.4 Å². The molecule has 0 N–H and O–H groups in total. The summed E-state index contributed by atoms with van der Waals surface area (Å²) in [4.78, 5) is 0. The van der Waals surface area contributed by atoms with E-state index < -0.39 is 0 Å². The van der Waals surface area contributed by atoms with Crippen LogP contribution in [0.25, 0.3) is 0 Å². The van der Waals surface area contributed by atoms with Crippen molar-refractivity contribution in [3.05, 3.63) is 34.9 Å². The van der Waals surface area contributed by atoms with Gasteiger partial charge in [0.15, 0.2) is 0 Å². The normalized spacial score (nSPS) is 9.09. The molecule has 0 bridgehead atoms. The van der Waals surface area contributed by atoms with Gasteiger partial charge in [-0.15, -0.1) is 0 Å². The molecule has 0 radical (unpaired) electrons. The summed E-state index contributed by atoms with van der Waals surface area (Å²) in [6.45, 7) is 0. The fourth-order valence-corrected chi connectivity index (χ4v) is 1.48. The fraction of sp³-hybridized carbons (Fsp3) is 0.125. The van der Waals surface area contributed by atoms with Crippen LogP contribution in [0.5, 0.6) is 0 Å². The summed E-state index contributed by atoms with van der Waals surface area (Å²) in [6, 6.07) is 7.55. The van der Waals surface area contributed by atoms with Gasteiger partial charge in [0.05, 0.1) is 0 Å². The Hall–Kier alpha value is -0.650. The Kier molecular flexibility index (Phi) is 3.28. The van der Waals surface area contributed by atoms with Crippen LogP contribution in [-0.2, 0) is 5.75 Å². The van der Waals surface area contributed by atoms with Crippen molar-refractivity contribution in [3.63, 3.8) is 0 Å². The molecule has 0 heterocycles. The number of halogens is 1. The van der Waals surface area contributed by atoms with E-state index in [0.717, 1.165) is 10.6 Å². The summed E-state index contributed by atoms with van der Waals surface area (Å²) >= 11 is 7.03. The van der Waals surface area contributed by atoms with E-state index in [4.69, 9.17) is 16.9 Å². The van der Waals surface area contributed by atoms with Crippen LogP contribution < -0.4 is 0 Å². The first kappa shape index (κ1) is 8.45. The molecule has 0 spiro atoms. The van der Waals surface area contributed by atoms with Crippen molar-refractivity contribution < 1.29 is 0 Å². The van der Waals surface area contributed by atoms with Crippen molar-refractivity contribution in [1.82, 2.24) is 0 Å². The smallest absolute Gasteiger partial charge is 0.133 e. The molecule has 56 valence electrons. The second-order valence-electron chi connectivity index (χ2n) is 1.97. The quantitative estimate of drug-likeness (QED) is 0.658. The molecule has 0 unspecified atom stereocenters. The van der Waals surface area contributed by atoms with Gasteiger partial charge in [0, 0.05) is 10.8 Å². The third kappa shape index (κ3) is 2.45. The Morgan fingerprint density at radius 1 is 1.45 bits per heavy atom. The molecule has 11 heavy (non-hydrogen) atoms. The van der Waals surface area contributed by atoms with E-state index in [0.29, 0.717) is 5.75 Å². The molecule has 0 aliphatic carbocycles. The van der Waals surface area contributed by atoms with E-state index in [1.54, 1.807) is 0 Å². The first-order valence-electron chi connectivity index (χ1n) is 3.09. The summed E-state index contributed by atoms with van der Waals surface area (Å²) in [6.07, 6.45) is 0. The molecule has 3 heteroatoms. The number of nitrogens with zero attached hydrogens (tertiary/aromatic N) is 1. The van der Waals surface area contributed by atoms with Gasteiger partial charge >= 0.3 is 0 Å². The van der Waals surface area contributed by atoms with Gasteiger partial charge in [-0.1, -0.05) is 29.8 Å². The largest absolute Gasteiger partial charge is 0.185 e. The van der Waals surface area contributed by atoms with E-state index in [2.05, 4.69) is 0 Å². The monoisotopic (exact) mass is 183 g/mol. The first-order valence-corrected chi connectivity index (χ1v) is 4.45. The number of nitriles is 1. The van der Waals surface area contributed by atoms with Gasteiger partial charge in [0.2, 0.25) is 0 Å².